The van der Waals surface area contributed by atoms with Gasteiger partial charge in [0.05, 0.1) is 11.3 Å². The maximum Gasteiger partial charge on any atom is 0.418 e. The molecule has 1 rings (SSSR count). The lowest BCUT2D eigenvalue weighted by Crippen LogP contribution is -2.30. The third kappa shape index (κ3) is 4.63. The molecule has 0 aliphatic carbocycles. The molecule has 118 valence electrons. The SMILES string of the molecule is CC(C)C(C)CNC(=O)c1ccc(NN)c(C(F)(F)F)c1. The predicted molar refractivity (Wildman–Crippen MR) is 75.6 cm³/mol. The highest BCUT2D eigenvalue weighted by Gasteiger charge is 2.34. The van der Waals surface area contributed by atoms with Crippen LogP contribution < -0.4 is 16.6 Å². The zero-order chi connectivity index (χ0) is 16.2. The van der Waals surface area contributed by atoms with Gasteiger partial charge in [0, 0.05) is 12.1 Å². The highest BCUT2D eigenvalue weighted by Crippen LogP contribution is 2.35. The third-order valence-corrected chi connectivity index (χ3v) is 3.47. The minimum absolute atomic E-state index is 0.0442. The number of nitrogens with two attached hydrogens (primary N) is 1. The van der Waals surface area contributed by atoms with Crippen molar-refractivity contribution < 1.29 is 18.0 Å². The van der Waals surface area contributed by atoms with E-state index in [9.17, 15) is 18.0 Å². The van der Waals surface area contributed by atoms with Crippen molar-refractivity contribution in [2.75, 3.05) is 12.0 Å². The molecule has 7 heteroatoms. The molecule has 1 unspecified atom stereocenters. The number of hydrogen-bond donors (Lipinski definition) is 3. The Kier molecular flexibility index (Phi) is 5.60. The quantitative estimate of drug-likeness (QED) is 0.578. The number of rotatable bonds is 5. The van der Waals surface area contributed by atoms with Gasteiger partial charge in [0.1, 0.15) is 0 Å². The summed E-state index contributed by atoms with van der Waals surface area (Å²) in [4.78, 5) is 11.9. The fourth-order valence-electron chi connectivity index (χ4n) is 1.64. The van der Waals surface area contributed by atoms with Crippen molar-refractivity contribution in [2.45, 2.75) is 26.9 Å². The number of hydrogen-bond acceptors (Lipinski definition) is 3. The summed E-state index contributed by atoms with van der Waals surface area (Å²) in [7, 11) is 0. The molecule has 0 radical (unpaired) electrons. The second kappa shape index (κ2) is 6.80. The largest absolute Gasteiger partial charge is 0.418 e. The molecule has 0 aliphatic heterocycles. The lowest BCUT2D eigenvalue weighted by molar-refractivity contribution is -0.137. The first-order valence-electron chi connectivity index (χ1n) is 6.62. The monoisotopic (exact) mass is 303 g/mol. The zero-order valence-corrected chi connectivity index (χ0v) is 12.2. The summed E-state index contributed by atoms with van der Waals surface area (Å²) in [6.45, 7) is 6.41. The molecule has 0 aromatic heterocycles. The molecule has 1 aromatic carbocycles. The molecule has 0 fully saturated rings. The molecule has 0 spiro atoms. The highest BCUT2D eigenvalue weighted by atomic mass is 19.4. The standard InChI is InChI=1S/C14H20F3N3O/c1-8(2)9(3)7-19-13(21)10-4-5-12(20-18)11(6-10)14(15,16)17/h4-6,8-9,20H,7,18H2,1-3H3,(H,19,21). The Morgan fingerprint density at radius 3 is 2.38 bits per heavy atom. The highest BCUT2D eigenvalue weighted by molar-refractivity contribution is 5.95. The van der Waals surface area contributed by atoms with Crippen LogP contribution in [0.1, 0.15) is 36.7 Å². The van der Waals surface area contributed by atoms with Gasteiger partial charge in [-0.05, 0) is 30.0 Å². The number of alkyl halides is 3. The summed E-state index contributed by atoms with van der Waals surface area (Å²) in [5.41, 5.74) is 0.705. The Morgan fingerprint density at radius 1 is 1.29 bits per heavy atom. The summed E-state index contributed by atoms with van der Waals surface area (Å²) in [6.07, 6.45) is -4.58. The van der Waals surface area contributed by atoms with Crippen molar-refractivity contribution in [3.05, 3.63) is 29.3 Å². The van der Waals surface area contributed by atoms with E-state index in [1.54, 1.807) is 0 Å². The van der Waals surface area contributed by atoms with Crippen molar-refractivity contribution in [1.29, 1.82) is 0 Å². The average Bonchev–Trinajstić information content (AvgIpc) is 2.42. The Labute approximate surface area is 121 Å². The van der Waals surface area contributed by atoms with Gasteiger partial charge in [-0.2, -0.15) is 13.2 Å². The Hall–Kier alpha value is -1.76. The molecule has 0 bridgehead atoms. The molecule has 0 saturated heterocycles. The summed E-state index contributed by atoms with van der Waals surface area (Å²) in [6, 6.07) is 3.24. The van der Waals surface area contributed by atoms with Gasteiger partial charge >= 0.3 is 6.18 Å². The molecule has 4 nitrogen and oxygen atoms in total. The van der Waals surface area contributed by atoms with Gasteiger partial charge in [0.25, 0.3) is 5.91 Å². The first-order valence-corrected chi connectivity index (χ1v) is 6.62. The van der Waals surface area contributed by atoms with Gasteiger partial charge in [0.2, 0.25) is 0 Å². The maximum absolute atomic E-state index is 12.9. The van der Waals surface area contributed by atoms with Crippen molar-refractivity contribution in [3.8, 4) is 0 Å². The predicted octanol–water partition coefficient (Wildman–Crippen LogP) is 3.01. The molecule has 4 N–H and O–H groups in total. The van der Waals surface area contributed by atoms with E-state index in [1.807, 2.05) is 26.2 Å². The second-order valence-corrected chi connectivity index (χ2v) is 5.33. The second-order valence-electron chi connectivity index (χ2n) is 5.33. The molecule has 0 saturated carbocycles. The van der Waals surface area contributed by atoms with Gasteiger partial charge in [-0.15, -0.1) is 0 Å². The number of anilines is 1. The van der Waals surface area contributed by atoms with Crippen LogP contribution in [0.2, 0.25) is 0 Å². The average molecular weight is 303 g/mol. The molecule has 1 amide bonds. The van der Waals surface area contributed by atoms with Crippen LogP contribution in [0.5, 0.6) is 0 Å². The number of carbonyl (C=O) groups excluding carboxylic acids is 1. The van der Waals surface area contributed by atoms with Crippen molar-refractivity contribution in [3.63, 3.8) is 0 Å². The van der Waals surface area contributed by atoms with Crippen LogP contribution in [0, 0.1) is 11.8 Å². The lowest BCUT2D eigenvalue weighted by Gasteiger charge is -2.17. The molecular formula is C14H20F3N3O. The van der Waals surface area contributed by atoms with Gasteiger partial charge < -0.3 is 10.7 Å². The van der Waals surface area contributed by atoms with E-state index < -0.39 is 17.6 Å². The molecule has 1 aromatic rings. The van der Waals surface area contributed by atoms with Crippen LogP contribution in [0.4, 0.5) is 18.9 Å². The summed E-state index contributed by atoms with van der Waals surface area (Å²) < 4.78 is 38.6. The summed E-state index contributed by atoms with van der Waals surface area (Å²) >= 11 is 0. The molecule has 0 heterocycles. The first kappa shape index (κ1) is 17.3. The molecule has 0 aliphatic rings. The number of halogens is 3. The van der Waals surface area contributed by atoms with Gasteiger partial charge in [0.15, 0.2) is 0 Å². The van der Waals surface area contributed by atoms with Crippen molar-refractivity contribution in [2.24, 2.45) is 17.7 Å². The van der Waals surface area contributed by atoms with E-state index in [2.05, 4.69) is 5.32 Å². The molecule has 1 atom stereocenters. The number of nitrogens with one attached hydrogen (secondary N) is 2. The van der Waals surface area contributed by atoms with Crippen LogP contribution in [0.3, 0.4) is 0 Å². The number of amides is 1. The topological polar surface area (TPSA) is 67.2 Å². The Bertz CT molecular complexity index is 501. The van der Waals surface area contributed by atoms with Gasteiger partial charge in [-0.1, -0.05) is 20.8 Å². The van der Waals surface area contributed by atoms with Gasteiger partial charge in [-0.25, -0.2) is 0 Å². The normalized spacial score (nSPS) is 13.1. The number of hydrazine groups is 1. The molecule has 21 heavy (non-hydrogen) atoms. The van der Waals surface area contributed by atoms with E-state index in [-0.39, 0.29) is 17.2 Å². The fourth-order valence-corrected chi connectivity index (χ4v) is 1.64. The van der Waals surface area contributed by atoms with Gasteiger partial charge in [-0.3, -0.25) is 10.6 Å². The van der Waals surface area contributed by atoms with Crippen LogP contribution in [0.25, 0.3) is 0 Å². The summed E-state index contributed by atoms with van der Waals surface area (Å²) in [5, 5.41) is 2.64. The minimum atomic E-state index is -4.58. The number of benzene rings is 1. The van der Waals surface area contributed by atoms with Crippen LogP contribution in [-0.2, 0) is 6.18 Å². The summed E-state index contributed by atoms with van der Waals surface area (Å²) in [5.74, 6) is 5.14. The number of carbonyl (C=O) groups is 1. The van der Waals surface area contributed by atoms with Crippen LogP contribution in [-0.4, -0.2) is 12.5 Å². The Balaban J connectivity index is 2.91. The van der Waals surface area contributed by atoms with Crippen LogP contribution >= 0.6 is 0 Å². The van der Waals surface area contributed by atoms with E-state index in [0.29, 0.717) is 12.5 Å². The zero-order valence-electron chi connectivity index (χ0n) is 12.2. The van der Waals surface area contributed by atoms with Crippen LogP contribution in [0.15, 0.2) is 18.2 Å². The Morgan fingerprint density at radius 2 is 1.90 bits per heavy atom. The fraction of sp³-hybridized carbons (Fsp3) is 0.500. The van der Waals surface area contributed by atoms with E-state index in [4.69, 9.17) is 5.84 Å². The third-order valence-electron chi connectivity index (χ3n) is 3.47. The minimum Gasteiger partial charge on any atom is -0.352 e. The lowest BCUT2D eigenvalue weighted by atomic mass is 9.98. The smallest absolute Gasteiger partial charge is 0.352 e. The van der Waals surface area contributed by atoms with E-state index in [0.717, 1.165) is 12.1 Å². The number of nitrogen functional groups attached to an aromatic ring is 1. The van der Waals surface area contributed by atoms with E-state index >= 15 is 0 Å². The maximum atomic E-state index is 12.9. The van der Waals surface area contributed by atoms with E-state index in [1.165, 1.54) is 6.07 Å². The van der Waals surface area contributed by atoms with Crippen molar-refractivity contribution >= 4 is 11.6 Å². The molecular weight excluding hydrogens is 283 g/mol. The first-order chi connectivity index (χ1) is 9.66. The van der Waals surface area contributed by atoms with Crippen molar-refractivity contribution in [1.82, 2.24) is 5.32 Å².